The first kappa shape index (κ1) is 32.0. The topological polar surface area (TPSA) is 87.7 Å². The highest BCUT2D eigenvalue weighted by atomic mass is 16.3. The minimum absolute atomic E-state index is 0.175. The zero-order valence-electron chi connectivity index (χ0n) is 26.8. The first-order valence-electron chi connectivity index (χ1n) is 14.4. The van der Waals surface area contributed by atoms with Crippen LogP contribution in [-0.4, -0.2) is 20.2 Å². The zero-order valence-corrected chi connectivity index (χ0v) is 26.8. The van der Waals surface area contributed by atoms with Crippen LogP contribution in [0.5, 0.6) is 17.2 Å². The third kappa shape index (κ3) is 7.43. The summed E-state index contributed by atoms with van der Waals surface area (Å²) in [5, 5.41) is 44.0. The van der Waals surface area contributed by atoms with Gasteiger partial charge in [-0.25, -0.2) is 0 Å². The molecule has 0 unspecified atom stereocenters. The van der Waals surface area contributed by atoms with Crippen molar-refractivity contribution in [1.82, 2.24) is 4.90 Å². The van der Waals surface area contributed by atoms with Gasteiger partial charge in [0.05, 0.1) is 11.6 Å². The van der Waals surface area contributed by atoms with Gasteiger partial charge in [0.15, 0.2) is 0 Å². The maximum atomic E-state index is 11.4. The van der Waals surface area contributed by atoms with Crippen LogP contribution in [-0.2, 0) is 35.9 Å². The van der Waals surface area contributed by atoms with Crippen molar-refractivity contribution < 1.29 is 15.3 Å². The fraction of sp³-hybridized carbons (Fsp3) is 0.472. The predicted octanol–water partition coefficient (Wildman–Crippen LogP) is 8.39. The number of nitrogens with zero attached hydrogens (tertiary/aromatic N) is 2. The summed E-state index contributed by atoms with van der Waals surface area (Å²) in [6.45, 7) is 23.7. The van der Waals surface area contributed by atoms with Gasteiger partial charge < -0.3 is 15.3 Å². The number of nitriles is 1. The number of hydrogen-bond acceptors (Lipinski definition) is 5. The summed E-state index contributed by atoms with van der Waals surface area (Å²) in [4.78, 5) is 2.12. The second kappa shape index (κ2) is 11.4. The van der Waals surface area contributed by atoms with Crippen LogP contribution >= 0.6 is 0 Å². The Kier molecular flexibility index (Phi) is 8.92. The van der Waals surface area contributed by atoms with Crippen LogP contribution in [0.4, 0.5) is 0 Å². The Hall–Kier alpha value is -3.49. The molecule has 0 spiro atoms. The minimum atomic E-state index is -0.358. The van der Waals surface area contributed by atoms with Crippen molar-refractivity contribution in [2.24, 2.45) is 0 Å². The molecule has 220 valence electrons. The number of phenolic OH excluding ortho intramolecular Hbond substituents is 3. The Morgan fingerprint density at radius 3 is 1.20 bits per heavy atom. The molecule has 0 saturated carbocycles. The molecule has 3 aromatic rings. The van der Waals surface area contributed by atoms with Gasteiger partial charge in [0.2, 0.25) is 0 Å². The maximum Gasteiger partial charge on any atom is 0.123 e. The molecule has 0 aromatic heterocycles. The summed E-state index contributed by atoms with van der Waals surface area (Å²) in [6, 6.07) is 13.8. The molecule has 0 aliphatic carbocycles. The quantitative estimate of drug-likeness (QED) is 0.284. The standard InChI is InChI=1S/C36H48N2O3/c1-22-12-25(31(39)28(14-22)34(3,4)5)19-38(20-26-13-23(2)15-29(32(26)40)35(6,7)8)21-27-16-24(18-37)17-30(33(27)41)36(9,10)11/h12-17,39-41H,19-21H2,1-11H3. The SMILES string of the molecule is Cc1cc(CN(Cc2cc(C)cc(C(C)(C)C)c2O)Cc2cc(C#N)cc(C(C)(C)C)c2O)c(O)c(C(C)(C)C)c1. The van der Waals surface area contributed by atoms with E-state index >= 15 is 0 Å². The second-order valence-electron chi connectivity index (χ2n) is 14.7. The Bertz CT molecular complexity index is 1400. The Balaban J connectivity index is 2.20. The highest BCUT2D eigenvalue weighted by Crippen LogP contribution is 2.39. The number of rotatable bonds is 6. The van der Waals surface area contributed by atoms with E-state index in [-0.39, 0.29) is 33.5 Å². The van der Waals surface area contributed by atoms with Crippen molar-refractivity contribution in [3.8, 4) is 23.3 Å². The molecule has 0 heterocycles. The Morgan fingerprint density at radius 2 is 0.878 bits per heavy atom. The fourth-order valence-corrected chi connectivity index (χ4v) is 5.43. The normalized spacial score (nSPS) is 12.6. The van der Waals surface area contributed by atoms with Gasteiger partial charge >= 0.3 is 0 Å². The Labute approximate surface area is 247 Å². The molecular formula is C36H48N2O3. The van der Waals surface area contributed by atoms with Crippen LogP contribution in [0.3, 0.4) is 0 Å². The number of aromatic hydroxyl groups is 3. The highest BCUT2D eigenvalue weighted by molar-refractivity contribution is 5.51. The lowest BCUT2D eigenvalue weighted by molar-refractivity contribution is 0.236. The predicted molar refractivity (Wildman–Crippen MR) is 168 cm³/mol. The van der Waals surface area contributed by atoms with Crippen molar-refractivity contribution >= 4 is 0 Å². The van der Waals surface area contributed by atoms with Crippen molar-refractivity contribution in [3.63, 3.8) is 0 Å². The molecule has 0 radical (unpaired) electrons. The maximum absolute atomic E-state index is 11.4. The van der Waals surface area contributed by atoms with Crippen LogP contribution in [0.2, 0.25) is 0 Å². The van der Waals surface area contributed by atoms with Gasteiger partial charge in [-0.3, -0.25) is 4.90 Å². The van der Waals surface area contributed by atoms with E-state index in [0.29, 0.717) is 36.3 Å². The van der Waals surface area contributed by atoms with Crippen molar-refractivity contribution in [3.05, 3.63) is 86.5 Å². The van der Waals surface area contributed by atoms with Gasteiger partial charge in [-0.1, -0.05) is 97.7 Å². The molecule has 0 bridgehead atoms. The summed E-state index contributed by atoms with van der Waals surface area (Å²) in [5.74, 6) is 0.707. The van der Waals surface area contributed by atoms with E-state index in [4.69, 9.17) is 0 Å². The van der Waals surface area contributed by atoms with Gasteiger partial charge in [0, 0.05) is 41.9 Å². The lowest BCUT2D eigenvalue weighted by Gasteiger charge is -2.29. The van der Waals surface area contributed by atoms with Crippen LogP contribution < -0.4 is 0 Å². The molecule has 3 rings (SSSR count). The second-order valence-corrected chi connectivity index (χ2v) is 14.7. The number of hydrogen-bond donors (Lipinski definition) is 3. The van der Waals surface area contributed by atoms with E-state index in [1.807, 2.05) is 58.9 Å². The fourth-order valence-electron chi connectivity index (χ4n) is 5.43. The third-order valence-electron chi connectivity index (χ3n) is 7.59. The van der Waals surface area contributed by atoms with E-state index in [2.05, 4.69) is 52.5 Å². The van der Waals surface area contributed by atoms with Crippen molar-refractivity contribution in [1.29, 1.82) is 5.26 Å². The van der Waals surface area contributed by atoms with Crippen molar-refractivity contribution in [2.45, 2.75) is 112 Å². The molecule has 0 amide bonds. The molecular weight excluding hydrogens is 508 g/mol. The molecule has 5 nitrogen and oxygen atoms in total. The monoisotopic (exact) mass is 556 g/mol. The first-order valence-corrected chi connectivity index (χ1v) is 14.4. The molecule has 3 N–H and O–H groups in total. The third-order valence-corrected chi connectivity index (χ3v) is 7.59. The number of phenols is 3. The van der Waals surface area contributed by atoms with Crippen molar-refractivity contribution in [2.75, 3.05) is 0 Å². The molecule has 0 aliphatic heterocycles. The highest BCUT2D eigenvalue weighted by Gasteiger charge is 2.26. The van der Waals surface area contributed by atoms with Crippen LogP contribution in [0.25, 0.3) is 0 Å². The van der Waals surface area contributed by atoms with Gasteiger partial charge in [-0.05, 0) is 53.4 Å². The minimum Gasteiger partial charge on any atom is -0.507 e. The lowest BCUT2D eigenvalue weighted by atomic mass is 9.83. The molecule has 0 atom stereocenters. The number of benzene rings is 3. The molecule has 0 saturated heterocycles. The summed E-state index contributed by atoms with van der Waals surface area (Å²) < 4.78 is 0. The van der Waals surface area contributed by atoms with Crippen LogP contribution in [0.1, 0.15) is 112 Å². The summed E-state index contributed by atoms with van der Waals surface area (Å²) in [5.41, 5.74) is 6.44. The van der Waals surface area contributed by atoms with Crippen LogP contribution in [0.15, 0.2) is 36.4 Å². The average molecular weight is 557 g/mol. The average Bonchev–Trinajstić information content (AvgIpc) is 2.82. The smallest absolute Gasteiger partial charge is 0.123 e. The lowest BCUT2D eigenvalue weighted by Crippen LogP contribution is -2.24. The van der Waals surface area contributed by atoms with E-state index in [1.54, 1.807) is 12.1 Å². The van der Waals surface area contributed by atoms with Gasteiger partial charge in [-0.2, -0.15) is 5.26 Å². The van der Waals surface area contributed by atoms with E-state index in [1.165, 1.54) is 0 Å². The van der Waals surface area contributed by atoms with Gasteiger partial charge in [0.1, 0.15) is 17.2 Å². The first-order chi connectivity index (χ1) is 18.7. The summed E-state index contributed by atoms with van der Waals surface area (Å²) in [6.07, 6.45) is 0. The molecule has 41 heavy (non-hydrogen) atoms. The summed E-state index contributed by atoms with van der Waals surface area (Å²) in [7, 11) is 0. The van der Waals surface area contributed by atoms with Crippen LogP contribution in [0, 0.1) is 25.2 Å². The largest absolute Gasteiger partial charge is 0.507 e. The number of aryl methyl sites for hydroxylation is 2. The molecule has 0 fully saturated rings. The molecule has 0 aliphatic rings. The van der Waals surface area contributed by atoms with E-state index in [0.717, 1.165) is 33.4 Å². The zero-order chi connectivity index (χ0) is 31.1. The summed E-state index contributed by atoms with van der Waals surface area (Å²) >= 11 is 0. The Morgan fingerprint density at radius 1 is 0.561 bits per heavy atom. The van der Waals surface area contributed by atoms with E-state index < -0.39 is 0 Å². The van der Waals surface area contributed by atoms with Gasteiger partial charge in [-0.15, -0.1) is 0 Å². The molecule has 3 aromatic carbocycles. The van der Waals surface area contributed by atoms with E-state index in [9.17, 15) is 20.6 Å². The molecule has 5 heteroatoms. The van der Waals surface area contributed by atoms with Gasteiger partial charge in [0.25, 0.3) is 0 Å².